The van der Waals surface area contributed by atoms with Crippen LogP contribution in [0.15, 0.2) is 17.0 Å². The first-order chi connectivity index (χ1) is 8.55. The number of nitrogens with two attached hydrogens (primary N) is 1. The first kappa shape index (κ1) is 11.8. The predicted octanol–water partition coefficient (Wildman–Crippen LogP) is 1.02. The van der Waals surface area contributed by atoms with Gasteiger partial charge in [-0.25, -0.2) is 8.42 Å². The van der Waals surface area contributed by atoms with E-state index < -0.39 is 21.1 Å². The summed E-state index contributed by atoms with van der Waals surface area (Å²) in [5.41, 5.74) is 6.68. The molecule has 0 fully saturated rings. The van der Waals surface area contributed by atoms with Crippen LogP contribution in [-0.2, 0) is 9.84 Å². The third kappa shape index (κ3) is 1.45. The van der Waals surface area contributed by atoms with Gasteiger partial charge >= 0.3 is 0 Å². The highest BCUT2D eigenvalue weighted by Crippen LogP contribution is 2.45. The summed E-state index contributed by atoms with van der Waals surface area (Å²) < 4.78 is 35.5. The van der Waals surface area contributed by atoms with Crippen molar-refractivity contribution >= 4 is 9.84 Å². The first-order valence-electron chi connectivity index (χ1n) is 5.98. The molecule has 98 valence electrons. The third-order valence-corrected chi connectivity index (χ3v) is 5.93. The van der Waals surface area contributed by atoms with Gasteiger partial charge in [0.05, 0.1) is 10.1 Å². The highest BCUT2D eigenvalue weighted by Gasteiger charge is 2.43. The van der Waals surface area contributed by atoms with Crippen LogP contribution in [0.5, 0.6) is 11.5 Å². The smallest absolute Gasteiger partial charge is 0.183 e. The zero-order valence-electron chi connectivity index (χ0n) is 10.0. The van der Waals surface area contributed by atoms with E-state index in [-0.39, 0.29) is 0 Å². The maximum atomic E-state index is 12.3. The van der Waals surface area contributed by atoms with Gasteiger partial charge in [-0.1, -0.05) is 6.92 Å². The molecule has 6 heteroatoms. The Morgan fingerprint density at radius 2 is 1.89 bits per heavy atom. The van der Waals surface area contributed by atoms with Gasteiger partial charge in [0.2, 0.25) is 0 Å². The van der Waals surface area contributed by atoms with Crippen molar-refractivity contribution in [3.05, 3.63) is 17.7 Å². The van der Waals surface area contributed by atoms with Crippen molar-refractivity contribution in [3.63, 3.8) is 0 Å². The molecule has 0 aromatic heterocycles. The Morgan fingerprint density at radius 3 is 2.50 bits per heavy atom. The summed E-state index contributed by atoms with van der Waals surface area (Å²) in [6.07, 6.45) is 0.505. The van der Waals surface area contributed by atoms with Gasteiger partial charge < -0.3 is 15.2 Å². The van der Waals surface area contributed by atoms with Gasteiger partial charge in [0.15, 0.2) is 21.3 Å². The van der Waals surface area contributed by atoms with Crippen LogP contribution >= 0.6 is 0 Å². The van der Waals surface area contributed by atoms with Gasteiger partial charge in [0.1, 0.15) is 13.2 Å². The monoisotopic (exact) mass is 269 g/mol. The molecule has 3 rings (SSSR count). The summed E-state index contributed by atoms with van der Waals surface area (Å²) in [5.74, 6) is 1.08. The van der Waals surface area contributed by atoms with Crippen LogP contribution in [-0.4, -0.2) is 26.9 Å². The van der Waals surface area contributed by atoms with Crippen molar-refractivity contribution in [2.75, 3.05) is 13.2 Å². The zero-order valence-corrected chi connectivity index (χ0v) is 10.9. The van der Waals surface area contributed by atoms with Crippen LogP contribution in [0.1, 0.15) is 24.9 Å². The number of hydrogen-bond acceptors (Lipinski definition) is 5. The number of rotatable bonds is 1. The van der Waals surface area contributed by atoms with E-state index in [1.807, 2.05) is 6.92 Å². The molecular formula is C12H15NO4S. The van der Waals surface area contributed by atoms with Crippen LogP contribution in [0, 0.1) is 0 Å². The van der Waals surface area contributed by atoms with Gasteiger partial charge in [-0.15, -0.1) is 0 Å². The number of sulfone groups is 1. The van der Waals surface area contributed by atoms with Crippen molar-refractivity contribution in [1.82, 2.24) is 0 Å². The Hall–Kier alpha value is -1.27. The van der Waals surface area contributed by atoms with Gasteiger partial charge in [-0.2, -0.15) is 0 Å². The van der Waals surface area contributed by atoms with E-state index in [4.69, 9.17) is 15.2 Å². The average molecular weight is 269 g/mol. The molecular weight excluding hydrogens is 254 g/mol. The zero-order chi connectivity index (χ0) is 12.9. The minimum atomic E-state index is -3.34. The van der Waals surface area contributed by atoms with E-state index in [1.165, 1.54) is 0 Å². The topological polar surface area (TPSA) is 78.6 Å². The normalized spacial score (nSPS) is 27.9. The second-order valence-corrected chi connectivity index (χ2v) is 6.69. The van der Waals surface area contributed by atoms with Gasteiger partial charge in [-0.05, 0) is 18.1 Å². The van der Waals surface area contributed by atoms with Gasteiger partial charge in [0.25, 0.3) is 0 Å². The highest BCUT2D eigenvalue weighted by atomic mass is 32.2. The van der Waals surface area contributed by atoms with E-state index in [2.05, 4.69) is 0 Å². The van der Waals surface area contributed by atoms with Gasteiger partial charge in [0, 0.05) is 12.1 Å². The summed E-state index contributed by atoms with van der Waals surface area (Å²) >= 11 is 0. The number of benzene rings is 1. The fraction of sp³-hybridized carbons (Fsp3) is 0.500. The molecule has 5 nitrogen and oxygen atoms in total. The lowest BCUT2D eigenvalue weighted by molar-refractivity contribution is 0.171. The van der Waals surface area contributed by atoms with Gasteiger partial charge in [-0.3, -0.25) is 0 Å². The molecule has 2 aliphatic rings. The molecule has 0 bridgehead atoms. The lowest BCUT2D eigenvalue weighted by Crippen LogP contribution is -2.25. The molecule has 2 aliphatic heterocycles. The maximum Gasteiger partial charge on any atom is 0.183 e. The third-order valence-electron chi connectivity index (χ3n) is 3.54. The summed E-state index contributed by atoms with van der Waals surface area (Å²) in [4.78, 5) is 0.297. The minimum Gasteiger partial charge on any atom is -0.486 e. The fourth-order valence-electron chi connectivity index (χ4n) is 2.62. The standard InChI is InChI=1S/C12H15NO4S/c1-2-10-12(13)7-5-8-9(17-4-3-16-8)6-11(7)18(10,14)15/h5-6,10,12H,2-4,13H2,1H3. The molecule has 2 unspecified atom stereocenters. The SMILES string of the molecule is CCC1C(N)c2cc3c(cc2S1(=O)=O)OCCO3. The summed E-state index contributed by atoms with van der Waals surface area (Å²) in [6.45, 7) is 2.75. The molecule has 0 saturated heterocycles. The van der Waals surface area contributed by atoms with Crippen molar-refractivity contribution in [1.29, 1.82) is 0 Å². The first-order valence-corrected chi connectivity index (χ1v) is 7.53. The molecule has 2 heterocycles. The predicted molar refractivity (Wildman–Crippen MR) is 65.6 cm³/mol. The second-order valence-electron chi connectivity index (χ2n) is 4.55. The molecule has 2 N–H and O–H groups in total. The van der Waals surface area contributed by atoms with Crippen LogP contribution in [0.3, 0.4) is 0 Å². The van der Waals surface area contributed by atoms with Crippen molar-refractivity contribution in [2.24, 2.45) is 5.73 Å². The van der Waals surface area contributed by atoms with E-state index in [0.717, 1.165) is 0 Å². The summed E-state index contributed by atoms with van der Waals surface area (Å²) in [6, 6.07) is 2.78. The lowest BCUT2D eigenvalue weighted by Gasteiger charge is -2.19. The van der Waals surface area contributed by atoms with Crippen LogP contribution < -0.4 is 15.2 Å². The lowest BCUT2D eigenvalue weighted by atomic mass is 10.0. The molecule has 0 radical (unpaired) electrons. The molecule has 1 aromatic rings. The van der Waals surface area contributed by atoms with Crippen LogP contribution in [0.2, 0.25) is 0 Å². The Morgan fingerprint density at radius 1 is 1.28 bits per heavy atom. The largest absolute Gasteiger partial charge is 0.486 e. The maximum absolute atomic E-state index is 12.3. The highest BCUT2D eigenvalue weighted by molar-refractivity contribution is 7.92. The average Bonchev–Trinajstić information content (AvgIpc) is 2.55. The van der Waals surface area contributed by atoms with Crippen LogP contribution in [0.4, 0.5) is 0 Å². The van der Waals surface area contributed by atoms with E-state index in [0.29, 0.717) is 41.6 Å². The second kappa shape index (κ2) is 3.86. The van der Waals surface area contributed by atoms with Crippen molar-refractivity contribution in [3.8, 4) is 11.5 Å². The number of ether oxygens (including phenoxy) is 2. The fourth-order valence-corrected chi connectivity index (χ4v) is 4.71. The van der Waals surface area contributed by atoms with E-state index in [9.17, 15) is 8.42 Å². The molecule has 0 amide bonds. The molecule has 1 aromatic carbocycles. The molecule has 0 aliphatic carbocycles. The number of hydrogen-bond donors (Lipinski definition) is 1. The Bertz CT molecular complexity index is 596. The minimum absolute atomic E-state index is 0.297. The molecule has 0 spiro atoms. The van der Waals surface area contributed by atoms with E-state index in [1.54, 1.807) is 12.1 Å². The van der Waals surface area contributed by atoms with Crippen molar-refractivity contribution < 1.29 is 17.9 Å². The Balaban J connectivity index is 2.21. The van der Waals surface area contributed by atoms with Crippen molar-refractivity contribution in [2.45, 2.75) is 29.5 Å². The number of fused-ring (bicyclic) bond motifs is 2. The molecule has 18 heavy (non-hydrogen) atoms. The van der Waals surface area contributed by atoms with E-state index >= 15 is 0 Å². The molecule has 0 saturated carbocycles. The quantitative estimate of drug-likeness (QED) is 0.823. The Labute approximate surface area is 106 Å². The summed E-state index contributed by atoms with van der Waals surface area (Å²) in [5, 5.41) is -0.545. The molecule has 2 atom stereocenters. The van der Waals surface area contributed by atoms with Crippen LogP contribution in [0.25, 0.3) is 0 Å². The Kier molecular flexibility index (Phi) is 2.53. The summed E-state index contributed by atoms with van der Waals surface area (Å²) in [7, 11) is -3.34.